The van der Waals surface area contributed by atoms with Crippen LogP contribution in [-0.2, 0) is 21.7 Å². The number of sulfone groups is 1. The van der Waals surface area contributed by atoms with E-state index in [0.29, 0.717) is 10.6 Å². The molecule has 3 rings (SSSR count). The van der Waals surface area contributed by atoms with Crippen LogP contribution < -0.4 is 9.54 Å². The summed E-state index contributed by atoms with van der Waals surface area (Å²) >= 11 is 1.36. The van der Waals surface area contributed by atoms with Crippen molar-refractivity contribution in [2.24, 2.45) is 12.0 Å². The van der Waals surface area contributed by atoms with Gasteiger partial charge in [-0.2, -0.15) is 4.99 Å². The first-order valence-electron chi connectivity index (χ1n) is 8.50. The van der Waals surface area contributed by atoms with Gasteiger partial charge in [-0.1, -0.05) is 17.4 Å². The molecule has 1 aromatic heterocycles. The van der Waals surface area contributed by atoms with E-state index >= 15 is 0 Å². The number of hydrogen-bond donors (Lipinski definition) is 0. The number of nitrogens with zero attached hydrogens (tertiary/aromatic N) is 2. The van der Waals surface area contributed by atoms with Gasteiger partial charge in [-0.25, -0.2) is 12.8 Å². The molecule has 0 aliphatic carbocycles. The van der Waals surface area contributed by atoms with E-state index in [4.69, 9.17) is 4.74 Å². The van der Waals surface area contributed by atoms with Crippen LogP contribution in [0.1, 0.15) is 12.8 Å². The van der Waals surface area contributed by atoms with Gasteiger partial charge in [0.05, 0.1) is 22.5 Å². The highest BCUT2D eigenvalue weighted by Crippen LogP contribution is 2.26. The summed E-state index contributed by atoms with van der Waals surface area (Å²) in [6.07, 6.45) is 0.145. The van der Waals surface area contributed by atoms with Gasteiger partial charge in [0.25, 0.3) is 0 Å². The third-order valence-corrected chi connectivity index (χ3v) is 7.12. The van der Waals surface area contributed by atoms with Crippen LogP contribution in [0, 0.1) is 5.82 Å². The maximum atomic E-state index is 12.9. The Kier molecular flexibility index (Phi) is 5.95. The summed E-state index contributed by atoms with van der Waals surface area (Å²) in [5.41, 5.74) is 0.848. The molecule has 0 N–H and O–H groups in total. The molecule has 148 valence electrons. The molecule has 0 spiro atoms. The van der Waals surface area contributed by atoms with Crippen LogP contribution in [0.15, 0.2) is 52.4 Å². The summed E-state index contributed by atoms with van der Waals surface area (Å²) in [6.45, 7) is 0. The first kappa shape index (κ1) is 20.2. The van der Waals surface area contributed by atoms with Crippen molar-refractivity contribution in [2.75, 3.05) is 12.9 Å². The van der Waals surface area contributed by atoms with Crippen molar-refractivity contribution in [2.45, 2.75) is 17.7 Å². The predicted molar refractivity (Wildman–Crippen MR) is 106 cm³/mol. The van der Waals surface area contributed by atoms with Crippen LogP contribution in [0.4, 0.5) is 4.39 Å². The van der Waals surface area contributed by atoms with Gasteiger partial charge >= 0.3 is 0 Å². The van der Waals surface area contributed by atoms with E-state index in [1.165, 1.54) is 23.5 Å². The second-order valence-electron chi connectivity index (χ2n) is 6.13. The monoisotopic (exact) mass is 422 g/mol. The van der Waals surface area contributed by atoms with Crippen LogP contribution in [0.3, 0.4) is 0 Å². The molecule has 9 heteroatoms. The minimum atomic E-state index is -3.56. The first-order valence-corrected chi connectivity index (χ1v) is 11.0. The number of fused-ring (bicyclic) bond motifs is 1. The maximum absolute atomic E-state index is 12.9. The van der Waals surface area contributed by atoms with Crippen molar-refractivity contribution < 1.29 is 22.3 Å². The Morgan fingerprint density at radius 2 is 1.93 bits per heavy atom. The number of aromatic nitrogens is 1. The predicted octanol–water partition coefficient (Wildman–Crippen LogP) is 3.07. The van der Waals surface area contributed by atoms with Gasteiger partial charge in [0, 0.05) is 13.5 Å². The molecule has 0 unspecified atom stereocenters. The van der Waals surface area contributed by atoms with Gasteiger partial charge < -0.3 is 9.30 Å². The molecular formula is C19H19FN2O4S2. The summed E-state index contributed by atoms with van der Waals surface area (Å²) in [5, 5.41) is 0. The fraction of sp³-hybridized carbons (Fsp3) is 0.263. The molecular weight excluding hydrogens is 403 g/mol. The lowest BCUT2D eigenvalue weighted by atomic mass is 10.3. The highest BCUT2D eigenvalue weighted by molar-refractivity contribution is 7.91. The smallest absolute Gasteiger partial charge is 0.248 e. The molecule has 1 amide bonds. The maximum Gasteiger partial charge on any atom is 0.248 e. The molecule has 0 bridgehead atoms. The number of amides is 1. The van der Waals surface area contributed by atoms with E-state index in [2.05, 4.69) is 4.99 Å². The van der Waals surface area contributed by atoms with Crippen molar-refractivity contribution in [1.29, 1.82) is 0 Å². The molecule has 1 heterocycles. The summed E-state index contributed by atoms with van der Waals surface area (Å²) < 4.78 is 45.5. The number of ether oxygens (including phenoxy) is 1. The molecule has 0 radical (unpaired) electrons. The number of rotatable bonds is 6. The second kappa shape index (κ2) is 8.24. The van der Waals surface area contributed by atoms with Crippen molar-refractivity contribution in [1.82, 2.24) is 4.57 Å². The van der Waals surface area contributed by atoms with E-state index in [0.717, 1.165) is 22.3 Å². The highest BCUT2D eigenvalue weighted by atomic mass is 32.2. The second-order valence-corrected chi connectivity index (χ2v) is 9.25. The molecule has 3 aromatic rings. The van der Waals surface area contributed by atoms with E-state index in [-0.39, 0.29) is 23.5 Å². The molecule has 0 saturated carbocycles. The van der Waals surface area contributed by atoms with Crippen LogP contribution >= 0.6 is 11.3 Å². The van der Waals surface area contributed by atoms with E-state index in [1.807, 2.05) is 18.2 Å². The van der Waals surface area contributed by atoms with Crippen LogP contribution in [-0.4, -0.2) is 31.8 Å². The third kappa shape index (κ3) is 4.31. The van der Waals surface area contributed by atoms with Gasteiger partial charge in [-0.05, 0) is 42.8 Å². The Labute approximate surface area is 165 Å². The van der Waals surface area contributed by atoms with Gasteiger partial charge in [-0.15, -0.1) is 0 Å². The number of aryl methyl sites for hydroxylation is 1. The zero-order valence-corrected chi connectivity index (χ0v) is 17.0. The Morgan fingerprint density at radius 1 is 1.21 bits per heavy atom. The number of thiazole rings is 1. The van der Waals surface area contributed by atoms with Gasteiger partial charge in [0.1, 0.15) is 17.1 Å². The van der Waals surface area contributed by atoms with Crippen molar-refractivity contribution >= 4 is 37.3 Å². The normalized spacial score (nSPS) is 12.5. The van der Waals surface area contributed by atoms with Crippen molar-refractivity contribution in [3.8, 4) is 5.75 Å². The zero-order chi connectivity index (χ0) is 20.3. The fourth-order valence-electron chi connectivity index (χ4n) is 2.78. The van der Waals surface area contributed by atoms with Gasteiger partial charge in [0.15, 0.2) is 14.6 Å². The van der Waals surface area contributed by atoms with Crippen LogP contribution in [0.25, 0.3) is 10.2 Å². The van der Waals surface area contributed by atoms with E-state index in [9.17, 15) is 17.6 Å². The Hall–Kier alpha value is -2.52. The Morgan fingerprint density at radius 3 is 2.61 bits per heavy atom. The third-order valence-electron chi connectivity index (χ3n) is 4.20. The summed E-state index contributed by atoms with van der Waals surface area (Å²) in [7, 11) is -0.186. The molecule has 6 nitrogen and oxygen atoms in total. The number of carbonyl (C=O) groups excluding carboxylic acids is 1. The lowest BCUT2D eigenvalue weighted by Crippen LogP contribution is -2.14. The minimum absolute atomic E-state index is 0.00576. The minimum Gasteiger partial charge on any atom is -0.495 e. The topological polar surface area (TPSA) is 77.7 Å². The molecule has 0 saturated heterocycles. The van der Waals surface area contributed by atoms with Crippen LogP contribution in [0.5, 0.6) is 5.75 Å². The lowest BCUT2D eigenvalue weighted by molar-refractivity contribution is -0.118. The molecule has 0 atom stereocenters. The largest absolute Gasteiger partial charge is 0.495 e. The standard InChI is InChI=1S/C19H19FN2O4S2/c1-22-18-15(26-2)5-3-6-16(18)27-19(22)21-17(23)7-4-12-28(24,25)14-10-8-13(20)9-11-14/h3,5-6,8-11H,4,7,12H2,1-2H3. The Bertz CT molecular complexity index is 1180. The average molecular weight is 423 g/mol. The molecule has 0 aliphatic rings. The van der Waals surface area contributed by atoms with E-state index < -0.39 is 21.6 Å². The summed E-state index contributed by atoms with van der Waals surface area (Å²) in [6, 6.07) is 10.3. The number of halogens is 1. The summed E-state index contributed by atoms with van der Waals surface area (Å²) in [4.78, 5) is 16.9. The fourth-order valence-corrected chi connectivity index (χ4v) is 5.14. The molecule has 2 aromatic carbocycles. The number of hydrogen-bond acceptors (Lipinski definition) is 5. The SMILES string of the molecule is COc1cccc2sc(=NC(=O)CCCS(=O)(=O)c3ccc(F)cc3)n(C)c12. The van der Waals surface area contributed by atoms with Crippen molar-refractivity contribution in [3.63, 3.8) is 0 Å². The van der Waals surface area contributed by atoms with Crippen LogP contribution in [0.2, 0.25) is 0 Å². The van der Waals surface area contributed by atoms with Gasteiger partial charge in [0.2, 0.25) is 5.91 Å². The number of methoxy groups -OCH3 is 1. The summed E-state index contributed by atoms with van der Waals surface area (Å²) in [5.74, 6) is -0.404. The molecule has 28 heavy (non-hydrogen) atoms. The zero-order valence-electron chi connectivity index (χ0n) is 15.4. The highest BCUT2D eigenvalue weighted by Gasteiger charge is 2.15. The molecule has 0 aliphatic heterocycles. The number of para-hydroxylation sites is 1. The molecule has 0 fully saturated rings. The quantitative estimate of drug-likeness (QED) is 0.572. The van der Waals surface area contributed by atoms with Gasteiger partial charge in [-0.3, -0.25) is 4.79 Å². The average Bonchev–Trinajstić information content (AvgIpc) is 2.97. The van der Waals surface area contributed by atoms with Crippen molar-refractivity contribution in [3.05, 3.63) is 53.1 Å². The number of carbonyl (C=O) groups is 1. The first-order chi connectivity index (χ1) is 13.3. The van der Waals surface area contributed by atoms with E-state index in [1.54, 1.807) is 18.7 Å². The number of benzene rings is 2. The lowest BCUT2D eigenvalue weighted by Gasteiger charge is -2.03. The Balaban J connectivity index is 1.71.